The van der Waals surface area contributed by atoms with Crippen LogP contribution in [0.25, 0.3) is 0 Å². The molecule has 3 aliphatic rings. The predicted octanol–water partition coefficient (Wildman–Crippen LogP) is 11.1. The summed E-state index contributed by atoms with van der Waals surface area (Å²) in [6, 6.07) is 0. The van der Waals surface area contributed by atoms with Crippen molar-refractivity contribution in [2.24, 2.45) is 53.3 Å². The summed E-state index contributed by atoms with van der Waals surface area (Å²) in [5, 5.41) is 25.2. The van der Waals surface area contributed by atoms with Crippen LogP contribution in [0.15, 0.2) is 0 Å². The molecule has 3 aliphatic carbocycles. The van der Waals surface area contributed by atoms with E-state index in [1.807, 2.05) is 6.92 Å². The van der Waals surface area contributed by atoms with E-state index in [2.05, 4.69) is 62.3 Å². The fourth-order valence-electron chi connectivity index (χ4n) is 6.57. The fourth-order valence-corrected chi connectivity index (χ4v) is 6.57. The van der Waals surface area contributed by atoms with Crippen molar-refractivity contribution in [2.45, 2.75) is 159 Å². The van der Waals surface area contributed by atoms with Gasteiger partial charge in [-0.15, -0.1) is 0 Å². The summed E-state index contributed by atoms with van der Waals surface area (Å²) < 4.78 is 0. The third kappa shape index (κ3) is 23.2. The normalized spacial score (nSPS) is 28.9. The van der Waals surface area contributed by atoms with Crippen LogP contribution in [0.4, 0.5) is 0 Å². The Morgan fingerprint density at radius 3 is 0.929 bits per heavy atom. The van der Waals surface area contributed by atoms with Crippen molar-refractivity contribution in [1.29, 1.82) is 0 Å². The van der Waals surface area contributed by atoms with E-state index in [9.17, 15) is 0 Å². The van der Waals surface area contributed by atoms with Gasteiger partial charge in [-0.2, -0.15) is 0 Å². The van der Waals surface area contributed by atoms with Gasteiger partial charge in [-0.05, 0) is 86.4 Å². The second-order valence-electron chi connectivity index (χ2n) is 13.7. The minimum Gasteiger partial charge on any atom is -0.396 e. The molecule has 0 saturated heterocycles. The molecule has 0 aromatic rings. The maximum atomic E-state index is 8.83. The predicted molar refractivity (Wildman–Crippen MR) is 189 cm³/mol. The zero-order valence-corrected chi connectivity index (χ0v) is 34.2. The Morgan fingerprint density at radius 1 is 0.548 bits per heavy atom. The molecule has 0 aliphatic heterocycles. The number of aliphatic hydroxyl groups excluding tert-OH is 2. The molecule has 42 heavy (non-hydrogen) atoms. The van der Waals surface area contributed by atoms with Crippen LogP contribution in [0.3, 0.4) is 0 Å². The van der Waals surface area contributed by atoms with Gasteiger partial charge in [0.2, 0.25) is 0 Å². The zero-order valence-electron chi connectivity index (χ0n) is 31.7. The van der Waals surface area contributed by atoms with Gasteiger partial charge in [0.05, 0.1) is 5.60 Å². The summed E-state index contributed by atoms with van der Waals surface area (Å²) >= 11 is 0. The van der Waals surface area contributed by atoms with Crippen molar-refractivity contribution in [3.05, 3.63) is 22.3 Å². The van der Waals surface area contributed by atoms with Gasteiger partial charge in [0.25, 0.3) is 0 Å². The van der Waals surface area contributed by atoms with Crippen LogP contribution < -0.4 is 0 Å². The number of fused-ring (bicyclic) bond motifs is 1. The first-order chi connectivity index (χ1) is 17.7. The Hall–Kier alpha value is 0.763. The van der Waals surface area contributed by atoms with Gasteiger partial charge in [-0.1, -0.05) is 121 Å². The Morgan fingerprint density at radius 2 is 0.810 bits per heavy atom. The molecule has 3 fully saturated rings. The average molecular weight is 679 g/mol. The van der Waals surface area contributed by atoms with E-state index in [0.29, 0.717) is 13.2 Å². The maximum Gasteiger partial charge on any atom is 3.00 e. The molecule has 0 aromatic carbocycles. The van der Waals surface area contributed by atoms with Crippen LogP contribution in [-0.2, 0) is 26.2 Å². The number of unbranched alkanes of at least 4 members (excludes halogenated alkanes) is 4. The Labute approximate surface area is 288 Å². The first-order valence-corrected chi connectivity index (χ1v) is 16.7. The van der Waals surface area contributed by atoms with Gasteiger partial charge in [-0.3, -0.25) is 0 Å². The first kappa shape index (κ1) is 55.2. The summed E-state index contributed by atoms with van der Waals surface area (Å²) in [7, 11) is 0. The molecule has 4 unspecified atom stereocenters. The van der Waals surface area contributed by atoms with Crippen LogP contribution in [0.2, 0.25) is 0 Å². The molecule has 3 saturated carbocycles. The molecule has 3 rings (SSSR count). The van der Waals surface area contributed by atoms with Crippen LogP contribution in [0, 0.1) is 75.5 Å². The monoisotopic (exact) mass is 678 g/mol. The van der Waals surface area contributed by atoms with Crippen LogP contribution in [0.1, 0.15) is 154 Å². The number of aliphatic hydroxyl groups is 3. The molecule has 0 bridgehead atoms. The smallest absolute Gasteiger partial charge is 0.396 e. The zero-order chi connectivity index (χ0) is 29.9. The molecule has 257 valence electrons. The molecular formula is C38H83O3Zr. The van der Waals surface area contributed by atoms with Gasteiger partial charge in [0.15, 0.2) is 0 Å². The second-order valence-corrected chi connectivity index (χ2v) is 13.7. The third-order valence-electron chi connectivity index (χ3n) is 10.2. The van der Waals surface area contributed by atoms with Crippen molar-refractivity contribution >= 4 is 0 Å². The van der Waals surface area contributed by atoms with E-state index in [4.69, 9.17) is 15.3 Å². The SMILES string of the molecule is CC1C(C)C2C(C)C(C)C(C)C2C1C.CC1CCCC1.CCC(C)(C)O.CCCCCO.CCCCCO.[CH3-].[CH3-].[CH3-].[Zr+3]. The van der Waals surface area contributed by atoms with Crippen molar-refractivity contribution in [2.75, 3.05) is 13.2 Å². The molecule has 0 spiro atoms. The van der Waals surface area contributed by atoms with E-state index >= 15 is 0 Å². The minimum atomic E-state index is -0.458. The average Bonchev–Trinajstić information content (AvgIpc) is 3.52. The Kier molecular flexibility index (Phi) is 41.7. The van der Waals surface area contributed by atoms with Crippen molar-refractivity contribution < 1.29 is 41.5 Å². The summed E-state index contributed by atoms with van der Waals surface area (Å²) in [6.07, 6.45) is 13.4. The summed E-state index contributed by atoms with van der Waals surface area (Å²) in [5.74, 6) is 8.80. The van der Waals surface area contributed by atoms with Crippen molar-refractivity contribution in [3.63, 3.8) is 0 Å². The standard InChI is InChI=1S/C14H26.C6H12.3C5H12O.3CH3.Zr/c1-7-9(3)13-11(5)8(2)12(6)14(13)10(7)4;1-6-4-2-3-5-6;1-4-5(2,3)6;2*1-2-3-4-5-6;;;;/h7-14H,1-6H3;6H,2-5H2,1H3;6H,4H2,1-3H3;2*6H,2-5H2,1H3;3*1H3;/q;;;;;3*-1;+3. The van der Waals surface area contributed by atoms with Gasteiger partial charge >= 0.3 is 26.2 Å². The second kappa shape index (κ2) is 31.7. The summed E-state index contributed by atoms with van der Waals surface area (Å²) in [5.41, 5.74) is -0.458. The first-order valence-electron chi connectivity index (χ1n) is 16.7. The van der Waals surface area contributed by atoms with E-state index in [1.165, 1.54) is 38.5 Å². The van der Waals surface area contributed by atoms with E-state index in [0.717, 1.165) is 85.4 Å². The van der Waals surface area contributed by atoms with Gasteiger partial charge < -0.3 is 37.6 Å². The summed E-state index contributed by atoms with van der Waals surface area (Å²) in [6.45, 7) is 27.8. The van der Waals surface area contributed by atoms with Crippen LogP contribution in [-0.4, -0.2) is 34.1 Å². The molecule has 0 aromatic heterocycles. The number of hydrogen-bond donors (Lipinski definition) is 3. The van der Waals surface area contributed by atoms with Gasteiger partial charge in [0, 0.05) is 13.2 Å². The summed E-state index contributed by atoms with van der Waals surface area (Å²) in [4.78, 5) is 0. The van der Waals surface area contributed by atoms with Crippen molar-refractivity contribution in [1.82, 2.24) is 0 Å². The maximum absolute atomic E-state index is 8.83. The van der Waals surface area contributed by atoms with E-state index in [1.54, 1.807) is 13.8 Å². The molecule has 4 heteroatoms. The van der Waals surface area contributed by atoms with Crippen molar-refractivity contribution in [3.8, 4) is 0 Å². The molecule has 0 amide bonds. The van der Waals surface area contributed by atoms with Crippen LogP contribution in [0.5, 0.6) is 0 Å². The Balaban J connectivity index is -0.000000101. The topological polar surface area (TPSA) is 60.7 Å². The van der Waals surface area contributed by atoms with E-state index < -0.39 is 5.60 Å². The molecule has 3 nitrogen and oxygen atoms in total. The van der Waals surface area contributed by atoms with Gasteiger partial charge in [0.1, 0.15) is 0 Å². The van der Waals surface area contributed by atoms with Crippen LogP contribution >= 0.6 is 0 Å². The van der Waals surface area contributed by atoms with Gasteiger partial charge in [-0.25, -0.2) is 0 Å². The molecule has 4 atom stereocenters. The quantitative estimate of drug-likeness (QED) is 0.185. The molecular weight excluding hydrogens is 596 g/mol. The van der Waals surface area contributed by atoms with E-state index in [-0.39, 0.29) is 48.5 Å². The molecule has 0 heterocycles. The number of hydrogen-bond acceptors (Lipinski definition) is 3. The largest absolute Gasteiger partial charge is 3.00 e. The third-order valence-corrected chi connectivity index (χ3v) is 10.2. The molecule has 1 radical (unpaired) electrons. The fraction of sp³-hybridized carbons (Fsp3) is 0.921. The Bertz CT molecular complexity index is 455. The number of rotatable bonds is 7. The minimum absolute atomic E-state index is 0. The molecule has 3 N–H and O–H groups in total.